The number of carbonyl (C=O) groups excluding carboxylic acids is 1. The van der Waals surface area contributed by atoms with Gasteiger partial charge in [-0.2, -0.15) is 5.10 Å². The third-order valence-corrected chi connectivity index (χ3v) is 6.06. The molecule has 1 aliphatic rings. The van der Waals surface area contributed by atoms with E-state index in [1.54, 1.807) is 4.52 Å². The Kier molecular flexibility index (Phi) is 4.47. The SMILES string of the molecule is Cc1cc(Nc2nc(Sc3ccc(NC(=O)C4(C)CC4)cc3)nn3cccc23)n[nH]1. The molecule has 1 fully saturated rings. The molecule has 0 radical (unpaired) electrons. The lowest BCUT2D eigenvalue weighted by Crippen LogP contribution is -2.21. The molecule has 1 amide bonds. The van der Waals surface area contributed by atoms with E-state index in [2.05, 4.69) is 30.9 Å². The van der Waals surface area contributed by atoms with E-state index in [0.717, 1.165) is 34.6 Å². The number of hydrogen-bond donors (Lipinski definition) is 3. The van der Waals surface area contributed by atoms with Gasteiger partial charge in [-0.25, -0.2) is 9.50 Å². The molecule has 9 heteroatoms. The standard InChI is InChI=1S/C21H21N7OS/c1-13-12-17(26-25-13)23-18-16-4-3-11-28(16)27-20(24-18)30-15-7-5-14(6-8-15)22-19(29)21(2)9-10-21/h3-8,11-12H,9-10H2,1-2H3,(H,22,29)(H2,23,24,25,26,27). The number of amides is 1. The molecule has 1 aromatic carbocycles. The van der Waals surface area contributed by atoms with Crippen LogP contribution in [0.15, 0.2) is 58.7 Å². The molecule has 5 rings (SSSR count). The van der Waals surface area contributed by atoms with Crippen LogP contribution in [0.5, 0.6) is 0 Å². The van der Waals surface area contributed by atoms with Crippen LogP contribution in [0, 0.1) is 12.3 Å². The predicted octanol–water partition coefficient (Wildman–Crippen LogP) is 4.39. The molecule has 1 aliphatic carbocycles. The fraction of sp³-hybridized carbons (Fsp3) is 0.238. The van der Waals surface area contributed by atoms with Crippen LogP contribution in [0.3, 0.4) is 0 Å². The topological polar surface area (TPSA) is 100 Å². The summed E-state index contributed by atoms with van der Waals surface area (Å²) in [6, 6.07) is 13.5. The summed E-state index contributed by atoms with van der Waals surface area (Å²) in [4.78, 5) is 17.9. The minimum absolute atomic E-state index is 0.0913. The highest BCUT2D eigenvalue weighted by Crippen LogP contribution is 2.45. The largest absolute Gasteiger partial charge is 0.326 e. The Morgan fingerprint density at radius 2 is 2.03 bits per heavy atom. The van der Waals surface area contributed by atoms with Crippen molar-refractivity contribution in [2.75, 3.05) is 10.6 Å². The molecule has 0 saturated heterocycles. The number of aromatic amines is 1. The number of anilines is 3. The van der Waals surface area contributed by atoms with Gasteiger partial charge in [-0.1, -0.05) is 6.92 Å². The molecule has 3 N–H and O–H groups in total. The first-order chi connectivity index (χ1) is 14.5. The summed E-state index contributed by atoms with van der Waals surface area (Å²) in [5.41, 5.74) is 2.45. The van der Waals surface area contributed by atoms with E-state index in [4.69, 9.17) is 0 Å². The predicted molar refractivity (Wildman–Crippen MR) is 116 cm³/mol. The van der Waals surface area contributed by atoms with Crippen molar-refractivity contribution in [3.8, 4) is 0 Å². The molecule has 0 aliphatic heterocycles. The van der Waals surface area contributed by atoms with Crippen molar-refractivity contribution < 1.29 is 4.79 Å². The summed E-state index contributed by atoms with van der Waals surface area (Å²) >= 11 is 1.46. The van der Waals surface area contributed by atoms with Crippen LogP contribution in [0.4, 0.5) is 17.3 Å². The number of aryl methyl sites for hydroxylation is 1. The molecule has 8 nitrogen and oxygen atoms in total. The lowest BCUT2D eigenvalue weighted by Gasteiger charge is -2.10. The zero-order valence-corrected chi connectivity index (χ0v) is 17.5. The second kappa shape index (κ2) is 7.17. The van der Waals surface area contributed by atoms with Gasteiger partial charge in [0.25, 0.3) is 0 Å². The average molecular weight is 420 g/mol. The number of nitrogens with one attached hydrogen (secondary N) is 3. The molecule has 3 heterocycles. The van der Waals surface area contributed by atoms with E-state index in [1.807, 2.05) is 62.5 Å². The lowest BCUT2D eigenvalue weighted by molar-refractivity contribution is -0.120. The normalized spacial score (nSPS) is 14.6. The number of rotatable bonds is 6. The van der Waals surface area contributed by atoms with Crippen LogP contribution < -0.4 is 10.6 Å². The highest BCUT2D eigenvalue weighted by Gasteiger charge is 2.44. The van der Waals surface area contributed by atoms with Crippen molar-refractivity contribution in [1.29, 1.82) is 0 Å². The third kappa shape index (κ3) is 3.76. The minimum atomic E-state index is -0.191. The molecular weight excluding hydrogens is 398 g/mol. The number of aromatic nitrogens is 5. The van der Waals surface area contributed by atoms with E-state index in [9.17, 15) is 4.79 Å². The van der Waals surface area contributed by atoms with Crippen molar-refractivity contribution in [2.24, 2.45) is 5.41 Å². The van der Waals surface area contributed by atoms with Crippen LogP contribution >= 0.6 is 11.8 Å². The molecule has 0 atom stereocenters. The fourth-order valence-electron chi connectivity index (χ4n) is 3.06. The van der Waals surface area contributed by atoms with Gasteiger partial charge in [0, 0.05) is 34.0 Å². The van der Waals surface area contributed by atoms with Gasteiger partial charge >= 0.3 is 0 Å². The van der Waals surface area contributed by atoms with Gasteiger partial charge in [-0.15, -0.1) is 5.10 Å². The van der Waals surface area contributed by atoms with E-state index >= 15 is 0 Å². The van der Waals surface area contributed by atoms with Gasteiger partial charge in [0.1, 0.15) is 5.52 Å². The number of H-pyrrole nitrogens is 1. The molecule has 30 heavy (non-hydrogen) atoms. The quantitative estimate of drug-likeness (QED) is 0.428. The summed E-state index contributed by atoms with van der Waals surface area (Å²) in [5, 5.41) is 18.6. The molecule has 0 spiro atoms. The Labute approximate surface area is 177 Å². The molecular formula is C21H21N7OS. The van der Waals surface area contributed by atoms with E-state index in [-0.39, 0.29) is 11.3 Å². The fourth-order valence-corrected chi connectivity index (χ4v) is 3.81. The number of carbonyl (C=O) groups is 1. The first-order valence-electron chi connectivity index (χ1n) is 9.72. The van der Waals surface area contributed by atoms with E-state index < -0.39 is 0 Å². The van der Waals surface area contributed by atoms with Crippen LogP contribution in [-0.4, -0.2) is 30.7 Å². The number of benzene rings is 1. The monoisotopic (exact) mass is 419 g/mol. The molecule has 3 aromatic heterocycles. The van der Waals surface area contributed by atoms with Crippen LogP contribution in [-0.2, 0) is 4.79 Å². The average Bonchev–Trinajstić information content (AvgIpc) is 3.11. The van der Waals surface area contributed by atoms with Gasteiger partial charge < -0.3 is 10.6 Å². The summed E-state index contributed by atoms with van der Waals surface area (Å²) < 4.78 is 1.79. The van der Waals surface area contributed by atoms with Gasteiger partial charge in [-0.3, -0.25) is 9.89 Å². The summed E-state index contributed by atoms with van der Waals surface area (Å²) in [5.74, 6) is 1.48. The maximum absolute atomic E-state index is 12.2. The Morgan fingerprint density at radius 3 is 2.73 bits per heavy atom. The molecule has 1 saturated carbocycles. The summed E-state index contributed by atoms with van der Waals surface area (Å²) in [7, 11) is 0. The molecule has 0 unspecified atom stereocenters. The Balaban J connectivity index is 1.35. The highest BCUT2D eigenvalue weighted by molar-refractivity contribution is 7.99. The zero-order chi connectivity index (χ0) is 20.7. The Hall–Kier alpha value is -3.33. The lowest BCUT2D eigenvalue weighted by atomic mass is 10.1. The van der Waals surface area contributed by atoms with Gasteiger partial charge in [0.2, 0.25) is 11.1 Å². The molecule has 152 valence electrons. The minimum Gasteiger partial charge on any atom is -0.326 e. The van der Waals surface area contributed by atoms with Crippen LogP contribution in [0.2, 0.25) is 0 Å². The van der Waals surface area contributed by atoms with Gasteiger partial charge in [0.05, 0.1) is 0 Å². The van der Waals surface area contributed by atoms with Gasteiger partial charge in [0.15, 0.2) is 11.6 Å². The second-order valence-electron chi connectivity index (χ2n) is 7.78. The highest BCUT2D eigenvalue weighted by atomic mass is 32.2. The maximum Gasteiger partial charge on any atom is 0.230 e. The first-order valence-corrected chi connectivity index (χ1v) is 10.5. The summed E-state index contributed by atoms with van der Waals surface area (Å²) in [6.45, 7) is 3.95. The molecule has 0 bridgehead atoms. The number of hydrogen-bond acceptors (Lipinski definition) is 6. The van der Waals surface area contributed by atoms with Gasteiger partial charge in [-0.05, 0) is 67.9 Å². The first kappa shape index (κ1) is 18.7. The van der Waals surface area contributed by atoms with Crippen LogP contribution in [0.25, 0.3) is 5.52 Å². The number of nitrogens with zero attached hydrogens (tertiary/aromatic N) is 4. The molecule has 4 aromatic rings. The summed E-state index contributed by atoms with van der Waals surface area (Å²) in [6.07, 6.45) is 3.81. The van der Waals surface area contributed by atoms with Crippen molar-refractivity contribution >= 4 is 40.5 Å². The Morgan fingerprint density at radius 1 is 1.23 bits per heavy atom. The zero-order valence-electron chi connectivity index (χ0n) is 16.6. The smallest absolute Gasteiger partial charge is 0.230 e. The maximum atomic E-state index is 12.2. The van der Waals surface area contributed by atoms with E-state index in [0.29, 0.717) is 16.8 Å². The van der Waals surface area contributed by atoms with Crippen molar-refractivity contribution in [1.82, 2.24) is 24.8 Å². The van der Waals surface area contributed by atoms with Crippen molar-refractivity contribution in [3.63, 3.8) is 0 Å². The van der Waals surface area contributed by atoms with E-state index in [1.165, 1.54) is 11.8 Å². The van der Waals surface area contributed by atoms with Crippen LogP contribution in [0.1, 0.15) is 25.5 Å². The third-order valence-electron chi connectivity index (χ3n) is 5.19. The van der Waals surface area contributed by atoms with Crippen molar-refractivity contribution in [3.05, 3.63) is 54.4 Å². The van der Waals surface area contributed by atoms with Crippen molar-refractivity contribution in [2.45, 2.75) is 36.7 Å². The number of fused-ring (bicyclic) bond motifs is 1. The second-order valence-corrected chi connectivity index (χ2v) is 8.82. The Bertz CT molecular complexity index is 1220.